The lowest BCUT2D eigenvalue weighted by atomic mass is 9.94. The van der Waals surface area contributed by atoms with Crippen LogP contribution in [0.4, 0.5) is 10.5 Å². The van der Waals surface area contributed by atoms with Gasteiger partial charge in [0, 0.05) is 47.2 Å². The second-order valence-electron chi connectivity index (χ2n) is 9.57. The summed E-state index contributed by atoms with van der Waals surface area (Å²) in [5.41, 5.74) is 6.00. The van der Waals surface area contributed by atoms with E-state index in [2.05, 4.69) is 49.1 Å². The second kappa shape index (κ2) is 10.4. The third-order valence-corrected chi connectivity index (χ3v) is 6.07. The molecule has 3 rings (SSSR count). The molecule has 0 radical (unpaired) electrons. The van der Waals surface area contributed by atoms with Crippen molar-refractivity contribution in [2.75, 3.05) is 18.4 Å². The molecule has 1 amide bonds. The van der Waals surface area contributed by atoms with E-state index in [4.69, 9.17) is 16.3 Å². The number of carbonyl (C=O) groups is 1. The van der Waals surface area contributed by atoms with Crippen molar-refractivity contribution in [3.8, 4) is 11.1 Å². The average molecular weight is 468 g/mol. The van der Waals surface area contributed by atoms with Gasteiger partial charge < -0.3 is 15.0 Å². The zero-order valence-corrected chi connectivity index (χ0v) is 21.0. The molecule has 6 heteroatoms. The van der Waals surface area contributed by atoms with E-state index >= 15 is 0 Å². The lowest BCUT2D eigenvalue weighted by Gasteiger charge is -2.34. The molecule has 0 aliphatic carbocycles. The van der Waals surface area contributed by atoms with Crippen LogP contribution in [-0.2, 0) is 4.74 Å². The van der Waals surface area contributed by atoms with Crippen LogP contribution in [-0.4, -0.2) is 42.4 Å². The van der Waals surface area contributed by atoms with Crippen LogP contribution in [0.25, 0.3) is 17.2 Å². The molecule has 176 valence electrons. The summed E-state index contributed by atoms with van der Waals surface area (Å²) in [5, 5.41) is 4.46. The highest BCUT2D eigenvalue weighted by atomic mass is 35.5. The van der Waals surface area contributed by atoms with E-state index in [0.29, 0.717) is 13.1 Å². The highest BCUT2D eigenvalue weighted by Crippen LogP contribution is 2.36. The number of carbonyl (C=O) groups excluding carboxylic acids is 1. The average Bonchev–Trinajstić information content (AvgIpc) is 2.72. The molecule has 0 bridgehead atoms. The van der Waals surface area contributed by atoms with E-state index in [-0.39, 0.29) is 12.1 Å². The van der Waals surface area contributed by atoms with Gasteiger partial charge in [-0.3, -0.25) is 4.99 Å². The first-order chi connectivity index (χ1) is 15.6. The van der Waals surface area contributed by atoms with Gasteiger partial charge in [-0.2, -0.15) is 0 Å². The molecule has 1 N–H and O–H groups in total. The number of hydrogen-bond donors (Lipinski definition) is 1. The van der Waals surface area contributed by atoms with Gasteiger partial charge in [0.25, 0.3) is 0 Å². The molecular formula is C27H34ClN3O2. The third-order valence-electron chi connectivity index (χ3n) is 5.75. The van der Waals surface area contributed by atoms with E-state index in [9.17, 15) is 4.79 Å². The summed E-state index contributed by atoms with van der Waals surface area (Å²) < 4.78 is 5.53. The van der Waals surface area contributed by atoms with Gasteiger partial charge in [0.1, 0.15) is 5.60 Å². The number of piperidine rings is 1. The fraction of sp³-hybridized carbons (Fsp3) is 0.407. The number of nitrogens with zero attached hydrogens (tertiary/aromatic N) is 2. The summed E-state index contributed by atoms with van der Waals surface area (Å²) in [5.74, 6) is 0. The van der Waals surface area contributed by atoms with Gasteiger partial charge in [0.15, 0.2) is 0 Å². The molecule has 0 spiro atoms. The van der Waals surface area contributed by atoms with E-state index in [1.807, 2.05) is 39.0 Å². The maximum atomic E-state index is 12.4. The minimum absolute atomic E-state index is 0.242. The fourth-order valence-electron chi connectivity index (χ4n) is 4.16. The number of aryl methyl sites for hydroxylation is 2. The molecule has 1 saturated heterocycles. The molecule has 2 aromatic rings. The molecule has 0 saturated carbocycles. The summed E-state index contributed by atoms with van der Waals surface area (Å²) in [6.45, 7) is 14.7. The Morgan fingerprint density at radius 1 is 1.21 bits per heavy atom. The minimum Gasteiger partial charge on any atom is -0.444 e. The number of benzene rings is 2. The van der Waals surface area contributed by atoms with E-state index in [1.165, 1.54) is 0 Å². The number of anilines is 1. The van der Waals surface area contributed by atoms with Crippen LogP contribution in [0.15, 0.2) is 41.5 Å². The van der Waals surface area contributed by atoms with Crippen LogP contribution < -0.4 is 5.32 Å². The number of likely N-dealkylation sites (tertiary alicyclic amines) is 1. The Labute approximate surface area is 202 Å². The van der Waals surface area contributed by atoms with E-state index in [0.717, 1.165) is 51.4 Å². The first-order valence-electron chi connectivity index (χ1n) is 11.4. The van der Waals surface area contributed by atoms with Gasteiger partial charge in [-0.25, -0.2) is 4.79 Å². The Bertz CT molecular complexity index is 1030. The van der Waals surface area contributed by atoms with Crippen LogP contribution in [0.1, 0.15) is 50.3 Å². The van der Waals surface area contributed by atoms with Crippen molar-refractivity contribution >= 4 is 36.2 Å². The quantitative estimate of drug-likeness (QED) is 0.477. The van der Waals surface area contributed by atoms with Crippen molar-refractivity contribution in [3.05, 3.63) is 58.2 Å². The van der Waals surface area contributed by atoms with Gasteiger partial charge in [-0.05, 0) is 89.1 Å². The Balaban J connectivity index is 1.84. The lowest BCUT2D eigenvalue weighted by Crippen LogP contribution is -2.44. The zero-order chi connectivity index (χ0) is 24.2. The minimum atomic E-state index is -0.485. The first-order valence-corrected chi connectivity index (χ1v) is 11.7. The molecule has 0 atom stereocenters. The van der Waals surface area contributed by atoms with Gasteiger partial charge in [-0.1, -0.05) is 29.8 Å². The Kier molecular flexibility index (Phi) is 7.85. The van der Waals surface area contributed by atoms with Crippen LogP contribution in [0.3, 0.4) is 0 Å². The number of hydrogen-bond acceptors (Lipinski definition) is 4. The monoisotopic (exact) mass is 467 g/mol. The van der Waals surface area contributed by atoms with Gasteiger partial charge in [-0.15, -0.1) is 0 Å². The van der Waals surface area contributed by atoms with E-state index < -0.39 is 5.60 Å². The molecular weight excluding hydrogens is 434 g/mol. The van der Waals surface area contributed by atoms with Crippen molar-refractivity contribution in [2.45, 2.75) is 59.1 Å². The van der Waals surface area contributed by atoms with Gasteiger partial charge >= 0.3 is 6.09 Å². The molecule has 0 unspecified atom stereocenters. The maximum absolute atomic E-state index is 12.4. The predicted octanol–water partition coefficient (Wildman–Crippen LogP) is 7.11. The number of halogens is 1. The van der Waals surface area contributed by atoms with Crippen LogP contribution in [0.5, 0.6) is 0 Å². The molecule has 1 heterocycles. The predicted molar refractivity (Wildman–Crippen MR) is 139 cm³/mol. The molecule has 1 fully saturated rings. The summed E-state index contributed by atoms with van der Waals surface area (Å²) in [6, 6.07) is 10.5. The first kappa shape index (κ1) is 24.8. The van der Waals surface area contributed by atoms with Crippen molar-refractivity contribution in [2.24, 2.45) is 4.99 Å². The van der Waals surface area contributed by atoms with E-state index in [1.54, 1.807) is 11.1 Å². The number of amides is 1. The number of aliphatic imine (C=N–C) groups is 1. The van der Waals surface area contributed by atoms with Crippen molar-refractivity contribution < 1.29 is 9.53 Å². The lowest BCUT2D eigenvalue weighted by molar-refractivity contribution is 0.0210. The van der Waals surface area contributed by atoms with Crippen molar-refractivity contribution in [3.63, 3.8) is 0 Å². The summed E-state index contributed by atoms with van der Waals surface area (Å²) in [6.07, 6.45) is 5.13. The third kappa shape index (κ3) is 6.38. The number of ether oxygens (including phenoxy) is 1. The van der Waals surface area contributed by atoms with Crippen LogP contribution in [0, 0.1) is 13.8 Å². The topological polar surface area (TPSA) is 53.9 Å². The zero-order valence-electron chi connectivity index (χ0n) is 20.2. The molecule has 0 aromatic heterocycles. The molecule has 1 aliphatic heterocycles. The maximum Gasteiger partial charge on any atom is 0.410 e. The molecule has 5 nitrogen and oxygen atoms in total. The highest BCUT2D eigenvalue weighted by Gasteiger charge is 2.27. The van der Waals surface area contributed by atoms with Crippen LogP contribution in [0.2, 0.25) is 5.02 Å². The second-order valence-corrected chi connectivity index (χ2v) is 9.98. The summed E-state index contributed by atoms with van der Waals surface area (Å²) >= 11 is 6.57. The number of rotatable bonds is 5. The SMILES string of the molecule is C=N/C=C\c1c(C)cc(-c2c(C)cccc2Cl)cc1NC1CCN(C(=O)OC(C)(C)C)CC1. The smallest absolute Gasteiger partial charge is 0.410 e. The Morgan fingerprint density at radius 3 is 2.52 bits per heavy atom. The number of nitrogens with one attached hydrogen (secondary N) is 1. The van der Waals surface area contributed by atoms with Crippen molar-refractivity contribution in [1.82, 2.24) is 4.90 Å². The molecule has 33 heavy (non-hydrogen) atoms. The Morgan fingerprint density at radius 2 is 1.91 bits per heavy atom. The summed E-state index contributed by atoms with van der Waals surface area (Å²) in [7, 11) is 0. The van der Waals surface area contributed by atoms with Gasteiger partial charge in [0.2, 0.25) is 0 Å². The molecule has 2 aromatic carbocycles. The summed E-state index contributed by atoms with van der Waals surface area (Å²) in [4.78, 5) is 18.1. The largest absolute Gasteiger partial charge is 0.444 e. The Hall–Kier alpha value is -2.79. The highest BCUT2D eigenvalue weighted by molar-refractivity contribution is 6.33. The fourth-order valence-corrected chi connectivity index (χ4v) is 4.49. The molecule has 1 aliphatic rings. The normalized spacial score (nSPS) is 15.0. The van der Waals surface area contributed by atoms with Crippen LogP contribution >= 0.6 is 11.6 Å². The van der Waals surface area contributed by atoms with Gasteiger partial charge in [0.05, 0.1) is 0 Å². The van der Waals surface area contributed by atoms with Crippen molar-refractivity contribution in [1.29, 1.82) is 0 Å². The standard InChI is InChI=1S/C27H34ClN3O2/c1-18-8-7-9-23(28)25(18)20-16-19(2)22(10-13-29-6)24(17-20)30-21-11-14-31(15-12-21)26(32)33-27(3,4)5/h7-10,13,16-17,21,30H,6,11-12,14-15H2,1-5H3/b13-10-.